The number of ether oxygens (including phenoxy) is 2. The summed E-state index contributed by atoms with van der Waals surface area (Å²) in [6.45, 7) is 4.02. The van der Waals surface area contributed by atoms with Crippen LogP contribution in [0.3, 0.4) is 0 Å². The van der Waals surface area contributed by atoms with Crippen molar-refractivity contribution < 1.29 is 19.1 Å². The predicted octanol–water partition coefficient (Wildman–Crippen LogP) is 4.48. The summed E-state index contributed by atoms with van der Waals surface area (Å²) in [5, 5.41) is 0. The lowest BCUT2D eigenvalue weighted by Crippen LogP contribution is -2.12. The van der Waals surface area contributed by atoms with Crippen LogP contribution in [0.5, 0.6) is 0 Å². The summed E-state index contributed by atoms with van der Waals surface area (Å²) in [6.07, 6.45) is 3.24. The molecular weight excluding hydrogens is 368 g/mol. The highest BCUT2D eigenvalue weighted by Gasteiger charge is 2.45. The smallest absolute Gasteiger partial charge is 0.344 e. The zero-order chi connectivity index (χ0) is 18.0. The fourth-order valence-electron chi connectivity index (χ4n) is 3.54. The third kappa shape index (κ3) is 2.26. The number of carbonyl (C=O) groups is 2. The standard InChI is InChI=1S/C20H14O4S2/c1-9-3-5-15(25-9)17-11-7-14-12(8-13(11)19(21)23-17)18(24-20(14)22)16-6-4-10(2)26-16/h3-8,11,17H,1-2H3. The second kappa shape index (κ2) is 5.53. The van der Waals surface area contributed by atoms with Gasteiger partial charge in [-0.3, -0.25) is 0 Å². The molecule has 1 fully saturated rings. The molecule has 2 unspecified atom stereocenters. The molecule has 0 aromatic carbocycles. The van der Waals surface area contributed by atoms with E-state index in [9.17, 15) is 9.59 Å². The van der Waals surface area contributed by atoms with Crippen molar-refractivity contribution in [2.24, 2.45) is 5.92 Å². The molecule has 1 aliphatic carbocycles. The van der Waals surface area contributed by atoms with Gasteiger partial charge in [0.15, 0.2) is 5.76 Å². The van der Waals surface area contributed by atoms with Gasteiger partial charge in [-0.15, -0.1) is 22.7 Å². The molecule has 2 aromatic rings. The average molecular weight is 382 g/mol. The minimum atomic E-state index is -0.373. The maximum absolute atomic E-state index is 12.5. The first-order valence-corrected chi connectivity index (χ1v) is 9.89. The molecule has 1 saturated heterocycles. The van der Waals surface area contributed by atoms with Crippen LogP contribution in [0, 0.1) is 19.8 Å². The van der Waals surface area contributed by atoms with Gasteiger partial charge in [-0.2, -0.15) is 0 Å². The van der Waals surface area contributed by atoms with Gasteiger partial charge in [0.1, 0.15) is 6.10 Å². The van der Waals surface area contributed by atoms with E-state index in [-0.39, 0.29) is 24.0 Å². The van der Waals surface area contributed by atoms with E-state index >= 15 is 0 Å². The van der Waals surface area contributed by atoms with Crippen LogP contribution in [-0.2, 0) is 19.1 Å². The zero-order valence-electron chi connectivity index (χ0n) is 14.1. The van der Waals surface area contributed by atoms with Crippen LogP contribution in [0.15, 0.2) is 53.1 Å². The monoisotopic (exact) mass is 382 g/mol. The van der Waals surface area contributed by atoms with Crippen molar-refractivity contribution in [3.8, 4) is 0 Å². The Bertz CT molecular complexity index is 1060. The van der Waals surface area contributed by atoms with Crippen molar-refractivity contribution in [2.45, 2.75) is 20.0 Å². The van der Waals surface area contributed by atoms with E-state index in [0.29, 0.717) is 22.5 Å². The Hall–Kier alpha value is -2.44. The van der Waals surface area contributed by atoms with Crippen molar-refractivity contribution in [1.29, 1.82) is 0 Å². The van der Waals surface area contributed by atoms with E-state index in [4.69, 9.17) is 9.47 Å². The van der Waals surface area contributed by atoms with Crippen molar-refractivity contribution in [3.05, 3.63) is 72.6 Å². The van der Waals surface area contributed by atoms with Crippen LogP contribution in [0.2, 0.25) is 0 Å². The van der Waals surface area contributed by atoms with Crippen molar-refractivity contribution in [3.63, 3.8) is 0 Å². The maximum Gasteiger partial charge on any atom is 0.344 e. The first-order valence-electron chi connectivity index (χ1n) is 8.25. The van der Waals surface area contributed by atoms with Gasteiger partial charge in [-0.1, -0.05) is 6.08 Å². The van der Waals surface area contributed by atoms with E-state index in [0.717, 1.165) is 19.5 Å². The van der Waals surface area contributed by atoms with E-state index in [2.05, 4.69) is 0 Å². The third-order valence-corrected chi connectivity index (χ3v) is 6.82. The van der Waals surface area contributed by atoms with E-state index in [1.807, 2.05) is 44.2 Å². The minimum absolute atomic E-state index is 0.253. The number of esters is 2. The molecule has 0 amide bonds. The Morgan fingerprint density at radius 2 is 1.73 bits per heavy atom. The molecule has 2 aliphatic heterocycles. The molecule has 3 aliphatic rings. The average Bonchev–Trinajstić information content (AvgIpc) is 3.36. The number of hydrogen-bond donors (Lipinski definition) is 0. The molecule has 26 heavy (non-hydrogen) atoms. The third-order valence-electron chi connectivity index (χ3n) is 4.76. The first-order chi connectivity index (χ1) is 12.5. The van der Waals surface area contributed by atoms with Gasteiger partial charge in [-0.05, 0) is 44.2 Å². The molecule has 5 rings (SSSR count). The largest absolute Gasteiger partial charge is 0.452 e. The van der Waals surface area contributed by atoms with Gasteiger partial charge in [0.05, 0.1) is 16.4 Å². The lowest BCUT2D eigenvalue weighted by molar-refractivity contribution is -0.139. The SMILES string of the molecule is Cc1ccc(C2=C3C=C4C(=O)OC(c5ccc(C)s5)C4C=C3C(=O)O2)s1. The molecule has 2 aromatic heterocycles. The van der Waals surface area contributed by atoms with E-state index in [1.54, 1.807) is 28.7 Å². The summed E-state index contributed by atoms with van der Waals surface area (Å²) < 4.78 is 11.2. The highest BCUT2D eigenvalue weighted by Crippen LogP contribution is 2.49. The Morgan fingerprint density at radius 1 is 0.962 bits per heavy atom. The topological polar surface area (TPSA) is 52.6 Å². The quantitative estimate of drug-likeness (QED) is 0.719. The van der Waals surface area contributed by atoms with E-state index < -0.39 is 0 Å². The maximum atomic E-state index is 12.5. The summed E-state index contributed by atoms with van der Waals surface area (Å²) in [5.41, 5.74) is 1.79. The predicted molar refractivity (Wildman–Crippen MR) is 99.6 cm³/mol. The molecule has 6 heteroatoms. The summed E-state index contributed by atoms with van der Waals surface area (Å²) in [5.74, 6) is -0.406. The number of hydrogen-bond acceptors (Lipinski definition) is 6. The number of allylic oxidation sites excluding steroid dienone is 1. The summed E-state index contributed by atoms with van der Waals surface area (Å²) >= 11 is 3.17. The molecule has 4 nitrogen and oxygen atoms in total. The molecule has 0 bridgehead atoms. The van der Waals surface area contributed by atoms with Gasteiger partial charge in [0.2, 0.25) is 0 Å². The minimum Gasteiger partial charge on any atom is -0.452 e. The Morgan fingerprint density at radius 3 is 2.42 bits per heavy atom. The van der Waals surface area contributed by atoms with Gasteiger partial charge in [0.25, 0.3) is 0 Å². The molecule has 0 N–H and O–H groups in total. The van der Waals surface area contributed by atoms with Crippen LogP contribution in [0.4, 0.5) is 0 Å². The highest BCUT2D eigenvalue weighted by atomic mass is 32.1. The second-order valence-corrected chi connectivity index (χ2v) is 9.13. The van der Waals surface area contributed by atoms with E-state index in [1.165, 1.54) is 0 Å². The summed E-state index contributed by atoms with van der Waals surface area (Å²) in [6, 6.07) is 7.92. The van der Waals surface area contributed by atoms with Gasteiger partial charge >= 0.3 is 11.9 Å². The van der Waals surface area contributed by atoms with Crippen molar-refractivity contribution in [2.75, 3.05) is 0 Å². The fraction of sp³-hybridized carbons (Fsp3) is 0.200. The van der Waals surface area contributed by atoms with Crippen LogP contribution in [-0.4, -0.2) is 11.9 Å². The number of rotatable bonds is 2. The van der Waals surface area contributed by atoms with Crippen molar-refractivity contribution >= 4 is 40.4 Å². The number of cyclic esters (lactones) is 2. The number of thiophene rings is 2. The molecule has 0 spiro atoms. The molecule has 130 valence electrons. The van der Waals surface area contributed by atoms with Crippen LogP contribution in [0.1, 0.15) is 25.6 Å². The number of carbonyl (C=O) groups excluding carboxylic acids is 2. The highest BCUT2D eigenvalue weighted by molar-refractivity contribution is 7.13. The van der Waals surface area contributed by atoms with Gasteiger partial charge in [-0.25, -0.2) is 9.59 Å². The Balaban J connectivity index is 1.62. The van der Waals surface area contributed by atoms with Gasteiger partial charge in [0, 0.05) is 25.8 Å². The summed E-state index contributed by atoms with van der Waals surface area (Å²) in [7, 11) is 0. The van der Waals surface area contributed by atoms with Crippen LogP contribution < -0.4 is 0 Å². The van der Waals surface area contributed by atoms with Crippen molar-refractivity contribution in [1.82, 2.24) is 0 Å². The van der Waals surface area contributed by atoms with Crippen LogP contribution >= 0.6 is 22.7 Å². The Kier molecular flexibility index (Phi) is 3.36. The number of aryl methyl sites for hydroxylation is 2. The lowest BCUT2D eigenvalue weighted by Gasteiger charge is -2.16. The summed E-state index contributed by atoms with van der Waals surface area (Å²) in [4.78, 5) is 29.1. The molecule has 2 atom stereocenters. The normalized spacial score (nSPS) is 24.1. The molecular formula is C20H14O4S2. The molecule has 0 radical (unpaired) electrons. The molecule has 0 saturated carbocycles. The molecule has 4 heterocycles. The van der Waals surface area contributed by atoms with Gasteiger partial charge < -0.3 is 9.47 Å². The van der Waals surface area contributed by atoms with Crippen LogP contribution in [0.25, 0.3) is 5.76 Å². The number of fused-ring (bicyclic) bond motifs is 2. The second-order valence-electron chi connectivity index (χ2n) is 6.52. The lowest BCUT2D eigenvalue weighted by atomic mass is 9.84. The zero-order valence-corrected chi connectivity index (χ0v) is 15.7. The Labute approximate surface area is 158 Å². The fourth-order valence-corrected chi connectivity index (χ4v) is 5.36. The first kappa shape index (κ1) is 15.8.